The lowest BCUT2D eigenvalue weighted by Crippen LogP contribution is -2.27. The third-order valence-corrected chi connectivity index (χ3v) is 2.99. The van der Waals surface area contributed by atoms with Gasteiger partial charge in [0.05, 0.1) is 0 Å². The zero-order valence-corrected chi connectivity index (χ0v) is 13.6. The van der Waals surface area contributed by atoms with Gasteiger partial charge in [-0.3, -0.25) is 9.11 Å². The minimum Gasteiger partial charge on any atom is -0.306 e. The first-order valence-corrected chi connectivity index (χ1v) is 8.48. The van der Waals surface area contributed by atoms with Crippen LogP contribution in [0.1, 0.15) is 65.2 Å². The van der Waals surface area contributed by atoms with E-state index in [2.05, 4.69) is 32.8 Å². The fraction of sp³-hybridized carbons (Fsp3) is 1.00. The standard InChI is InChI=1S/C13H29N.H2O4S/c1-5-7-8-9-10-12-13(11-6-2)14(3)4;1-5(2,3)4/h13H,5-12H2,1-4H3;(H2,1,2,3,4). The minimum absolute atomic E-state index is 0.821. The number of rotatable bonds is 9. The Balaban J connectivity index is 0. The van der Waals surface area contributed by atoms with Crippen LogP contribution in [0.15, 0.2) is 0 Å². The van der Waals surface area contributed by atoms with E-state index in [-0.39, 0.29) is 0 Å². The molecule has 0 radical (unpaired) electrons. The molecule has 0 spiro atoms. The molecule has 1 unspecified atom stereocenters. The molecule has 19 heavy (non-hydrogen) atoms. The molecule has 0 heterocycles. The molecule has 0 saturated heterocycles. The van der Waals surface area contributed by atoms with E-state index in [1.54, 1.807) is 0 Å². The van der Waals surface area contributed by atoms with Gasteiger partial charge in [0.25, 0.3) is 0 Å². The molecule has 118 valence electrons. The van der Waals surface area contributed by atoms with Gasteiger partial charge in [-0.1, -0.05) is 52.4 Å². The van der Waals surface area contributed by atoms with E-state index in [9.17, 15) is 0 Å². The summed E-state index contributed by atoms with van der Waals surface area (Å²) in [5.74, 6) is 0. The van der Waals surface area contributed by atoms with Crippen LogP contribution in [0.3, 0.4) is 0 Å². The van der Waals surface area contributed by atoms with Crippen molar-refractivity contribution in [1.82, 2.24) is 4.90 Å². The number of hydrogen-bond donors (Lipinski definition) is 2. The Morgan fingerprint density at radius 1 is 0.895 bits per heavy atom. The van der Waals surface area contributed by atoms with E-state index >= 15 is 0 Å². The smallest absolute Gasteiger partial charge is 0.306 e. The second-order valence-electron chi connectivity index (χ2n) is 5.06. The summed E-state index contributed by atoms with van der Waals surface area (Å²) in [5.41, 5.74) is 0. The predicted molar refractivity (Wildman–Crippen MR) is 79.9 cm³/mol. The number of hydrogen-bond acceptors (Lipinski definition) is 3. The van der Waals surface area contributed by atoms with Gasteiger partial charge in [0, 0.05) is 6.04 Å². The summed E-state index contributed by atoms with van der Waals surface area (Å²) in [6, 6.07) is 0.821. The van der Waals surface area contributed by atoms with E-state index in [4.69, 9.17) is 17.5 Å². The van der Waals surface area contributed by atoms with Crippen molar-refractivity contribution in [3.05, 3.63) is 0 Å². The molecule has 0 saturated carbocycles. The summed E-state index contributed by atoms with van der Waals surface area (Å²) in [4.78, 5) is 2.39. The maximum absolute atomic E-state index is 8.74. The highest BCUT2D eigenvalue weighted by Crippen LogP contribution is 2.13. The topological polar surface area (TPSA) is 77.8 Å². The Labute approximate surface area is 119 Å². The van der Waals surface area contributed by atoms with Crippen LogP contribution in [0.5, 0.6) is 0 Å². The Kier molecular flexibility index (Phi) is 14.3. The Morgan fingerprint density at radius 2 is 1.37 bits per heavy atom. The molecule has 5 nitrogen and oxygen atoms in total. The van der Waals surface area contributed by atoms with Gasteiger partial charge in [-0.05, 0) is 26.9 Å². The average Bonchev–Trinajstić information content (AvgIpc) is 2.24. The lowest BCUT2D eigenvalue weighted by atomic mass is 10.0. The van der Waals surface area contributed by atoms with Crippen molar-refractivity contribution in [2.24, 2.45) is 0 Å². The van der Waals surface area contributed by atoms with Crippen LogP contribution in [0, 0.1) is 0 Å². The van der Waals surface area contributed by atoms with Gasteiger partial charge >= 0.3 is 10.4 Å². The van der Waals surface area contributed by atoms with Gasteiger partial charge in [0.1, 0.15) is 0 Å². The molecular formula is C13H31NO4S. The van der Waals surface area contributed by atoms with Crippen LogP contribution in [-0.4, -0.2) is 42.6 Å². The lowest BCUT2D eigenvalue weighted by molar-refractivity contribution is 0.256. The quantitative estimate of drug-likeness (QED) is 0.503. The Hall–Kier alpha value is -0.170. The maximum atomic E-state index is 8.74. The SMILES string of the molecule is CCCCCCCC(CCC)N(C)C.O=S(=O)(O)O. The third kappa shape index (κ3) is 23.4. The van der Waals surface area contributed by atoms with Crippen LogP contribution >= 0.6 is 0 Å². The lowest BCUT2D eigenvalue weighted by Gasteiger charge is -2.23. The first-order chi connectivity index (χ1) is 8.72. The molecule has 0 fully saturated rings. The van der Waals surface area contributed by atoms with Crippen molar-refractivity contribution in [3.63, 3.8) is 0 Å². The van der Waals surface area contributed by atoms with E-state index in [1.165, 1.54) is 51.4 Å². The maximum Gasteiger partial charge on any atom is 0.394 e. The second kappa shape index (κ2) is 12.8. The van der Waals surface area contributed by atoms with Crippen molar-refractivity contribution in [2.75, 3.05) is 14.1 Å². The normalized spacial score (nSPS) is 13.0. The molecule has 0 aromatic heterocycles. The number of unbranched alkanes of at least 4 members (excludes halogenated alkanes) is 4. The van der Waals surface area contributed by atoms with Crippen molar-refractivity contribution in [2.45, 2.75) is 71.3 Å². The molecular weight excluding hydrogens is 266 g/mol. The molecule has 0 aromatic carbocycles. The van der Waals surface area contributed by atoms with Gasteiger partial charge in [-0.25, -0.2) is 0 Å². The van der Waals surface area contributed by atoms with Crippen LogP contribution in [0.4, 0.5) is 0 Å². The highest BCUT2D eigenvalue weighted by Gasteiger charge is 2.08. The first-order valence-electron chi connectivity index (χ1n) is 7.08. The van der Waals surface area contributed by atoms with E-state index in [0.29, 0.717) is 0 Å². The molecule has 0 aliphatic carbocycles. The summed E-state index contributed by atoms with van der Waals surface area (Å²) >= 11 is 0. The van der Waals surface area contributed by atoms with Gasteiger partial charge in [-0.2, -0.15) is 8.42 Å². The molecule has 1 atom stereocenters. The van der Waals surface area contributed by atoms with Crippen LogP contribution < -0.4 is 0 Å². The Bertz CT molecular complexity index is 270. The van der Waals surface area contributed by atoms with E-state index in [1.807, 2.05) is 0 Å². The summed E-state index contributed by atoms with van der Waals surface area (Å²) in [7, 11) is -0.237. The van der Waals surface area contributed by atoms with E-state index < -0.39 is 10.4 Å². The van der Waals surface area contributed by atoms with Crippen LogP contribution in [0.2, 0.25) is 0 Å². The van der Waals surface area contributed by atoms with Gasteiger partial charge < -0.3 is 4.90 Å². The van der Waals surface area contributed by atoms with Crippen molar-refractivity contribution in [3.8, 4) is 0 Å². The van der Waals surface area contributed by atoms with E-state index in [0.717, 1.165) is 6.04 Å². The van der Waals surface area contributed by atoms with Crippen molar-refractivity contribution in [1.29, 1.82) is 0 Å². The zero-order valence-electron chi connectivity index (χ0n) is 12.8. The molecule has 0 rings (SSSR count). The average molecular weight is 297 g/mol. The second-order valence-corrected chi connectivity index (χ2v) is 5.95. The predicted octanol–water partition coefficient (Wildman–Crippen LogP) is 3.42. The summed E-state index contributed by atoms with van der Waals surface area (Å²) in [6.07, 6.45) is 11.1. The van der Waals surface area contributed by atoms with Gasteiger partial charge in [0.2, 0.25) is 0 Å². The molecule has 0 aromatic rings. The molecule has 0 aliphatic rings. The fourth-order valence-electron chi connectivity index (χ4n) is 1.98. The summed E-state index contributed by atoms with van der Waals surface area (Å²) in [6.45, 7) is 4.56. The van der Waals surface area contributed by atoms with Gasteiger partial charge in [0.15, 0.2) is 0 Å². The minimum atomic E-state index is -4.67. The Morgan fingerprint density at radius 3 is 1.74 bits per heavy atom. The fourth-order valence-corrected chi connectivity index (χ4v) is 1.98. The first kappa shape index (κ1) is 21.1. The third-order valence-electron chi connectivity index (χ3n) is 2.99. The molecule has 0 aliphatic heterocycles. The zero-order chi connectivity index (χ0) is 15.3. The van der Waals surface area contributed by atoms with Gasteiger partial charge in [-0.15, -0.1) is 0 Å². The molecule has 0 bridgehead atoms. The molecule has 0 amide bonds. The molecule has 6 heteroatoms. The van der Waals surface area contributed by atoms with Crippen LogP contribution in [0.25, 0.3) is 0 Å². The highest BCUT2D eigenvalue weighted by molar-refractivity contribution is 7.79. The summed E-state index contributed by atoms with van der Waals surface area (Å²) in [5, 5.41) is 0. The van der Waals surface area contributed by atoms with Crippen molar-refractivity contribution < 1.29 is 17.5 Å². The highest BCUT2D eigenvalue weighted by atomic mass is 32.3. The molecule has 2 N–H and O–H groups in total. The number of nitrogens with zero attached hydrogens (tertiary/aromatic N) is 1. The summed E-state index contributed by atoms with van der Waals surface area (Å²) < 4.78 is 31.6. The monoisotopic (exact) mass is 297 g/mol. The largest absolute Gasteiger partial charge is 0.394 e. The van der Waals surface area contributed by atoms with Crippen molar-refractivity contribution >= 4 is 10.4 Å². The van der Waals surface area contributed by atoms with Crippen LogP contribution in [-0.2, 0) is 10.4 Å².